The molecule has 0 saturated heterocycles. The van der Waals surface area contributed by atoms with Crippen LogP contribution < -0.4 is 0 Å². The van der Waals surface area contributed by atoms with Crippen LogP contribution in [-0.4, -0.2) is 10.1 Å². The third-order valence-electron chi connectivity index (χ3n) is 2.19. The first kappa shape index (κ1) is 9.80. The number of aliphatic hydroxyl groups excluding tert-OH is 1. The number of rotatable bonds is 2. The Morgan fingerprint density at radius 1 is 1.13 bits per heavy atom. The van der Waals surface area contributed by atoms with Gasteiger partial charge in [-0.05, 0) is 11.6 Å². The molecule has 76 valence electrons. The lowest BCUT2D eigenvalue weighted by atomic mass is 10.0. The molecular formula is C12H10FNO. The average Bonchev–Trinajstić information content (AvgIpc) is 2.29. The average molecular weight is 203 g/mol. The second-order valence-electron chi connectivity index (χ2n) is 3.14. The van der Waals surface area contributed by atoms with Crippen LogP contribution in [-0.2, 0) is 6.61 Å². The van der Waals surface area contributed by atoms with E-state index in [0.717, 1.165) is 5.56 Å². The van der Waals surface area contributed by atoms with Gasteiger partial charge in [-0.15, -0.1) is 0 Å². The third-order valence-corrected chi connectivity index (χ3v) is 2.19. The molecule has 0 unspecified atom stereocenters. The topological polar surface area (TPSA) is 33.1 Å². The Hall–Kier alpha value is -1.74. The maximum absolute atomic E-state index is 13.6. The number of benzene rings is 1. The Morgan fingerprint density at radius 3 is 2.53 bits per heavy atom. The summed E-state index contributed by atoms with van der Waals surface area (Å²) >= 11 is 0. The van der Waals surface area contributed by atoms with Crippen LogP contribution in [0.5, 0.6) is 0 Å². The number of aliphatic hydroxyl groups is 1. The van der Waals surface area contributed by atoms with Crippen LogP contribution in [0.15, 0.2) is 42.6 Å². The summed E-state index contributed by atoms with van der Waals surface area (Å²) in [6, 6.07) is 10.4. The predicted molar refractivity (Wildman–Crippen MR) is 55.6 cm³/mol. The van der Waals surface area contributed by atoms with Crippen LogP contribution in [0.4, 0.5) is 4.39 Å². The molecular weight excluding hydrogens is 193 g/mol. The molecule has 1 aromatic heterocycles. The molecule has 0 radical (unpaired) electrons. The minimum atomic E-state index is -0.361. The molecule has 0 fully saturated rings. The molecule has 0 aliphatic carbocycles. The van der Waals surface area contributed by atoms with Crippen molar-refractivity contribution in [2.45, 2.75) is 6.61 Å². The van der Waals surface area contributed by atoms with Crippen molar-refractivity contribution in [2.75, 3.05) is 0 Å². The van der Waals surface area contributed by atoms with Crippen molar-refractivity contribution in [3.63, 3.8) is 0 Å². The van der Waals surface area contributed by atoms with Crippen LogP contribution in [0.25, 0.3) is 11.1 Å². The summed E-state index contributed by atoms with van der Waals surface area (Å²) < 4.78 is 13.6. The van der Waals surface area contributed by atoms with Gasteiger partial charge in [-0.3, -0.25) is 4.98 Å². The van der Waals surface area contributed by atoms with Gasteiger partial charge in [0.15, 0.2) is 0 Å². The van der Waals surface area contributed by atoms with Crippen molar-refractivity contribution >= 4 is 0 Å². The zero-order valence-corrected chi connectivity index (χ0v) is 8.02. The molecule has 0 spiro atoms. The molecule has 0 aliphatic rings. The summed E-state index contributed by atoms with van der Waals surface area (Å²) in [5.41, 5.74) is 1.47. The fourth-order valence-electron chi connectivity index (χ4n) is 1.51. The van der Waals surface area contributed by atoms with Crippen molar-refractivity contribution < 1.29 is 9.50 Å². The zero-order valence-electron chi connectivity index (χ0n) is 8.02. The maximum Gasteiger partial charge on any atom is 0.134 e. The monoisotopic (exact) mass is 203 g/mol. The Bertz CT molecular complexity index is 456. The number of hydrogen-bond acceptors (Lipinski definition) is 2. The van der Waals surface area contributed by atoms with E-state index < -0.39 is 0 Å². The molecule has 1 N–H and O–H groups in total. The second-order valence-corrected chi connectivity index (χ2v) is 3.14. The fourth-order valence-corrected chi connectivity index (χ4v) is 1.51. The van der Waals surface area contributed by atoms with E-state index in [-0.39, 0.29) is 12.4 Å². The summed E-state index contributed by atoms with van der Waals surface area (Å²) in [5.74, 6) is -0.361. The lowest BCUT2D eigenvalue weighted by Crippen LogP contribution is -1.96. The minimum Gasteiger partial charge on any atom is -0.390 e. The number of pyridine rings is 1. The van der Waals surface area contributed by atoms with E-state index in [0.29, 0.717) is 11.3 Å². The highest BCUT2D eigenvalue weighted by Gasteiger charge is 2.10. The molecule has 1 heterocycles. The number of nitrogens with zero attached hydrogens (tertiary/aromatic N) is 1. The smallest absolute Gasteiger partial charge is 0.134 e. The van der Waals surface area contributed by atoms with Crippen molar-refractivity contribution in [1.29, 1.82) is 0 Å². The standard InChI is InChI=1S/C12H10FNO/c13-10-6-7-14-11(8-15)12(10)9-4-2-1-3-5-9/h1-7,15H,8H2. The van der Waals surface area contributed by atoms with E-state index in [9.17, 15) is 4.39 Å². The zero-order chi connectivity index (χ0) is 10.7. The molecule has 0 aliphatic heterocycles. The van der Waals surface area contributed by atoms with Gasteiger partial charge < -0.3 is 5.11 Å². The van der Waals surface area contributed by atoms with Crippen LogP contribution in [0.1, 0.15) is 5.69 Å². The molecule has 3 heteroatoms. The first-order valence-electron chi connectivity index (χ1n) is 4.62. The van der Waals surface area contributed by atoms with E-state index in [4.69, 9.17) is 5.11 Å². The van der Waals surface area contributed by atoms with E-state index >= 15 is 0 Å². The van der Waals surface area contributed by atoms with Gasteiger partial charge in [0.05, 0.1) is 12.3 Å². The highest BCUT2D eigenvalue weighted by Crippen LogP contribution is 2.24. The van der Waals surface area contributed by atoms with Crippen LogP contribution >= 0.6 is 0 Å². The predicted octanol–water partition coefficient (Wildman–Crippen LogP) is 2.38. The SMILES string of the molecule is OCc1nccc(F)c1-c1ccccc1. The Labute approximate surface area is 87.0 Å². The molecule has 0 amide bonds. The summed E-state index contributed by atoms with van der Waals surface area (Å²) in [6.45, 7) is -0.262. The third kappa shape index (κ3) is 1.87. The summed E-state index contributed by atoms with van der Waals surface area (Å²) in [4.78, 5) is 3.94. The second kappa shape index (κ2) is 4.19. The van der Waals surface area contributed by atoms with E-state index in [1.807, 2.05) is 18.2 Å². The van der Waals surface area contributed by atoms with Crippen LogP contribution in [0.2, 0.25) is 0 Å². The van der Waals surface area contributed by atoms with Gasteiger partial charge in [0.25, 0.3) is 0 Å². The van der Waals surface area contributed by atoms with Crippen LogP contribution in [0.3, 0.4) is 0 Å². The quantitative estimate of drug-likeness (QED) is 0.812. The van der Waals surface area contributed by atoms with Crippen molar-refractivity contribution in [1.82, 2.24) is 4.98 Å². The molecule has 0 saturated carbocycles. The minimum absolute atomic E-state index is 0.262. The van der Waals surface area contributed by atoms with E-state index in [2.05, 4.69) is 4.98 Å². The normalized spacial score (nSPS) is 10.3. The van der Waals surface area contributed by atoms with E-state index in [1.54, 1.807) is 12.1 Å². The van der Waals surface area contributed by atoms with E-state index in [1.165, 1.54) is 12.3 Å². The molecule has 15 heavy (non-hydrogen) atoms. The maximum atomic E-state index is 13.6. The number of aromatic nitrogens is 1. The lowest BCUT2D eigenvalue weighted by molar-refractivity contribution is 0.277. The van der Waals surface area contributed by atoms with Gasteiger partial charge in [-0.2, -0.15) is 0 Å². The van der Waals surface area contributed by atoms with Gasteiger partial charge in [0.2, 0.25) is 0 Å². The molecule has 1 aromatic carbocycles. The van der Waals surface area contributed by atoms with Gasteiger partial charge in [0.1, 0.15) is 5.82 Å². The van der Waals surface area contributed by atoms with Crippen molar-refractivity contribution in [3.8, 4) is 11.1 Å². The summed E-state index contributed by atoms with van der Waals surface area (Å²) in [6.07, 6.45) is 1.35. The first-order valence-corrected chi connectivity index (χ1v) is 4.62. The van der Waals surface area contributed by atoms with Gasteiger partial charge >= 0.3 is 0 Å². The Kier molecular flexibility index (Phi) is 2.74. The summed E-state index contributed by atoms with van der Waals surface area (Å²) in [7, 11) is 0. The molecule has 0 atom stereocenters. The van der Waals surface area contributed by atoms with Gasteiger partial charge in [0, 0.05) is 11.8 Å². The fraction of sp³-hybridized carbons (Fsp3) is 0.0833. The number of hydrogen-bond donors (Lipinski definition) is 1. The van der Waals surface area contributed by atoms with Gasteiger partial charge in [-0.1, -0.05) is 30.3 Å². The van der Waals surface area contributed by atoms with Crippen molar-refractivity contribution in [2.24, 2.45) is 0 Å². The molecule has 0 bridgehead atoms. The molecule has 2 nitrogen and oxygen atoms in total. The van der Waals surface area contributed by atoms with Crippen molar-refractivity contribution in [3.05, 3.63) is 54.1 Å². The number of halogens is 1. The lowest BCUT2D eigenvalue weighted by Gasteiger charge is -2.07. The Balaban J connectivity index is 2.61. The highest BCUT2D eigenvalue weighted by atomic mass is 19.1. The Morgan fingerprint density at radius 2 is 1.87 bits per heavy atom. The highest BCUT2D eigenvalue weighted by molar-refractivity contribution is 5.66. The van der Waals surface area contributed by atoms with Gasteiger partial charge in [-0.25, -0.2) is 4.39 Å². The summed E-state index contributed by atoms with van der Waals surface area (Å²) in [5, 5.41) is 9.08. The largest absolute Gasteiger partial charge is 0.390 e. The first-order chi connectivity index (χ1) is 7.33. The molecule has 2 aromatic rings. The van der Waals surface area contributed by atoms with Crippen LogP contribution in [0, 0.1) is 5.82 Å². The molecule has 2 rings (SSSR count).